The highest BCUT2D eigenvalue weighted by molar-refractivity contribution is 8.00. The van der Waals surface area contributed by atoms with E-state index in [1.165, 1.54) is 11.3 Å². The number of carbonyl (C=O) groups excluding carboxylic acids is 3. The zero-order valence-corrected chi connectivity index (χ0v) is 25.3. The minimum atomic E-state index is -0.216. The smallest absolute Gasteiger partial charge is 0.257 e. The number of hydrogen-bond donors (Lipinski definition) is 3. The van der Waals surface area contributed by atoms with Gasteiger partial charge in [-0.2, -0.15) is 0 Å². The summed E-state index contributed by atoms with van der Waals surface area (Å²) >= 11 is 3.01. The number of anilines is 1. The van der Waals surface area contributed by atoms with E-state index in [4.69, 9.17) is 0 Å². The van der Waals surface area contributed by atoms with Gasteiger partial charge in [0.2, 0.25) is 5.91 Å². The third-order valence-corrected chi connectivity index (χ3v) is 9.03. The van der Waals surface area contributed by atoms with Gasteiger partial charge in [-0.1, -0.05) is 49.4 Å². The molecule has 41 heavy (non-hydrogen) atoms. The number of rotatable bonds is 11. The monoisotopic (exact) mass is 595 g/mol. The Morgan fingerprint density at radius 1 is 1.00 bits per heavy atom. The summed E-state index contributed by atoms with van der Waals surface area (Å²) in [6, 6.07) is 15.1. The van der Waals surface area contributed by atoms with E-state index in [9.17, 15) is 19.5 Å². The second-order valence-electron chi connectivity index (χ2n) is 10.8. The topological polar surface area (TPSA) is 115 Å². The molecule has 0 atom stereocenters. The Hall–Kier alpha value is -3.25. The van der Waals surface area contributed by atoms with E-state index in [1.807, 2.05) is 50.2 Å². The number of hydrogen-bond acceptors (Lipinski definition) is 8. The second-order valence-corrected chi connectivity index (χ2v) is 13.2. The van der Waals surface area contributed by atoms with Gasteiger partial charge in [0.15, 0.2) is 5.13 Å². The van der Waals surface area contributed by atoms with Crippen LogP contribution in [0.15, 0.2) is 58.9 Å². The molecule has 0 radical (unpaired) electrons. The van der Waals surface area contributed by atoms with E-state index in [2.05, 4.69) is 15.6 Å². The van der Waals surface area contributed by atoms with E-state index in [0.29, 0.717) is 61.3 Å². The SMILES string of the molecule is CC(=O)N1CCN(C(=O)c2cccc(CSc3cnc(NC(=O)c4ccc(CNCC(C)(C)CO)cc4)s3)c2)CC1. The summed E-state index contributed by atoms with van der Waals surface area (Å²) < 4.78 is 0.963. The molecule has 0 aliphatic carbocycles. The van der Waals surface area contributed by atoms with Crippen LogP contribution in [0.4, 0.5) is 5.13 Å². The second kappa shape index (κ2) is 14.1. The van der Waals surface area contributed by atoms with Crippen LogP contribution in [0.1, 0.15) is 52.6 Å². The Morgan fingerprint density at radius 2 is 1.71 bits per heavy atom. The Labute approximate surface area is 249 Å². The summed E-state index contributed by atoms with van der Waals surface area (Å²) in [4.78, 5) is 45.2. The van der Waals surface area contributed by atoms with Crippen molar-refractivity contribution in [3.63, 3.8) is 0 Å². The average Bonchev–Trinajstić information content (AvgIpc) is 3.43. The molecule has 218 valence electrons. The third kappa shape index (κ3) is 8.87. The van der Waals surface area contributed by atoms with E-state index in [1.54, 1.807) is 46.8 Å². The molecular formula is C30H37N5O4S2. The van der Waals surface area contributed by atoms with E-state index in [-0.39, 0.29) is 29.7 Å². The van der Waals surface area contributed by atoms with Crippen molar-refractivity contribution in [1.82, 2.24) is 20.1 Å². The molecule has 4 rings (SSSR count). The summed E-state index contributed by atoms with van der Waals surface area (Å²) in [5.74, 6) is 0.476. The number of thiazole rings is 1. The van der Waals surface area contributed by atoms with E-state index >= 15 is 0 Å². The van der Waals surface area contributed by atoms with Crippen molar-refractivity contribution < 1.29 is 19.5 Å². The maximum Gasteiger partial charge on any atom is 0.257 e. The molecule has 1 aliphatic heterocycles. The number of nitrogens with zero attached hydrogens (tertiary/aromatic N) is 3. The van der Waals surface area contributed by atoms with Crippen LogP contribution in [0, 0.1) is 5.41 Å². The number of thioether (sulfide) groups is 1. The van der Waals surface area contributed by atoms with Gasteiger partial charge in [-0.15, -0.1) is 11.8 Å². The number of amides is 3. The van der Waals surface area contributed by atoms with Crippen LogP contribution in [-0.4, -0.2) is 76.9 Å². The maximum atomic E-state index is 13.0. The molecule has 0 saturated carbocycles. The zero-order chi connectivity index (χ0) is 29.4. The first-order valence-electron chi connectivity index (χ1n) is 13.6. The molecule has 1 aliphatic rings. The highest BCUT2D eigenvalue weighted by atomic mass is 32.2. The first kappa shape index (κ1) is 30.7. The summed E-state index contributed by atoms with van der Waals surface area (Å²) in [6.45, 7) is 9.23. The molecule has 0 spiro atoms. The molecule has 11 heteroatoms. The van der Waals surface area contributed by atoms with Crippen LogP contribution in [0.2, 0.25) is 0 Å². The predicted molar refractivity (Wildman–Crippen MR) is 163 cm³/mol. The number of nitrogens with one attached hydrogen (secondary N) is 2. The van der Waals surface area contributed by atoms with Crippen molar-refractivity contribution in [3.8, 4) is 0 Å². The van der Waals surface area contributed by atoms with Crippen LogP contribution < -0.4 is 10.6 Å². The van der Waals surface area contributed by atoms with Gasteiger partial charge in [-0.25, -0.2) is 4.98 Å². The summed E-state index contributed by atoms with van der Waals surface area (Å²) in [5.41, 5.74) is 3.11. The normalized spacial score (nSPS) is 13.8. The number of benzene rings is 2. The van der Waals surface area contributed by atoms with Crippen molar-refractivity contribution in [1.29, 1.82) is 0 Å². The predicted octanol–water partition coefficient (Wildman–Crippen LogP) is 4.10. The molecule has 2 aromatic carbocycles. The number of piperazine rings is 1. The molecule has 1 aromatic heterocycles. The number of aliphatic hydroxyl groups is 1. The molecular weight excluding hydrogens is 558 g/mol. The van der Waals surface area contributed by atoms with Gasteiger partial charge < -0.3 is 20.2 Å². The van der Waals surface area contributed by atoms with Crippen LogP contribution >= 0.6 is 23.1 Å². The summed E-state index contributed by atoms with van der Waals surface area (Å²) in [5, 5.41) is 16.1. The van der Waals surface area contributed by atoms with Gasteiger partial charge in [0.25, 0.3) is 11.8 Å². The van der Waals surface area contributed by atoms with Crippen molar-refractivity contribution in [2.24, 2.45) is 5.41 Å². The van der Waals surface area contributed by atoms with Crippen LogP contribution in [0.5, 0.6) is 0 Å². The summed E-state index contributed by atoms with van der Waals surface area (Å²) in [7, 11) is 0. The van der Waals surface area contributed by atoms with Gasteiger partial charge >= 0.3 is 0 Å². The summed E-state index contributed by atoms with van der Waals surface area (Å²) in [6.07, 6.45) is 1.75. The fourth-order valence-corrected chi connectivity index (χ4v) is 6.09. The lowest BCUT2D eigenvalue weighted by molar-refractivity contribution is -0.130. The highest BCUT2D eigenvalue weighted by Gasteiger charge is 2.23. The largest absolute Gasteiger partial charge is 0.396 e. The van der Waals surface area contributed by atoms with Gasteiger partial charge in [-0.05, 0) is 35.4 Å². The van der Waals surface area contributed by atoms with Crippen LogP contribution in [0.25, 0.3) is 0 Å². The minimum absolute atomic E-state index is 0.0159. The van der Waals surface area contributed by atoms with Crippen molar-refractivity contribution in [2.45, 2.75) is 37.3 Å². The highest BCUT2D eigenvalue weighted by Crippen LogP contribution is 2.31. The average molecular weight is 596 g/mol. The molecule has 9 nitrogen and oxygen atoms in total. The Kier molecular flexibility index (Phi) is 10.5. The lowest BCUT2D eigenvalue weighted by atomic mass is 9.95. The van der Waals surface area contributed by atoms with Crippen LogP contribution in [0.3, 0.4) is 0 Å². The molecule has 0 bridgehead atoms. The number of carbonyl (C=O) groups is 3. The molecule has 1 fully saturated rings. The molecule has 3 amide bonds. The fourth-order valence-electron chi connectivity index (χ4n) is 4.28. The first-order valence-corrected chi connectivity index (χ1v) is 15.4. The molecule has 1 saturated heterocycles. The van der Waals surface area contributed by atoms with Gasteiger partial charge in [0.05, 0.1) is 10.4 Å². The molecule has 2 heterocycles. The Balaban J connectivity index is 1.25. The lowest BCUT2D eigenvalue weighted by Gasteiger charge is -2.34. The Bertz CT molecular complexity index is 1350. The molecule has 0 unspecified atom stereocenters. The quantitative estimate of drug-likeness (QED) is 0.286. The zero-order valence-electron chi connectivity index (χ0n) is 23.7. The van der Waals surface area contributed by atoms with Gasteiger partial charge in [-0.3, -0.25) is 19.7 Å². The molecule has 3 N–H and O–H groups in total. The van der Waals surface area contributed by atoms with Gasteiger partial charge in [0, 0.05) is 75.1 Å². The number of aliphatic hydroxyl groups excluding tert-OH is 1. The van der Waals surface area contributed by atoms with E-state index < -0.39 is 0 Å². The van der Waals surface area contributed by atoms with Crippen LogP contribution in [-0.2, 0) is 17.1 Å². The number of aromatic nitrogens is 1. The lowest BCUT2D eigenvalue weighted by Crippen LogP contribution is -2.50. The van der Waals surface area contributed by atoms with E-state index in [0.717, 1.165) is 15.3 Å². The fraction of sp³-hybridized carbons (Fsp3) is 0.400. The van der Waals surface area contributed by atoms with Gasteiger partial charge in [0.1, 0.15) is 0 Å². The maximum absolute atomic E-state index is 13.0. The van der Waals surface area contributed by atoms with Crippen molar-refractivity contribution in [3.05, 3.63) is 77.0 Å². The van der Waals surface area contributed by atoms with Crippen molar-refractivity contribution >= 4 is 46.0 Å². The molecule has 3 aromatic rings. The first-order chi connectivity index (χ1) is 19.6. The third-order valence-electron chi connectivity index (χ3n) is 6.85. The standard InChI is InChI=1S/C30H37N5O4S2/c1-21(37)34-11-13-35(14-12-34)28(39)25-6-4-5-23(15-25)18-40-26-17-32-29(41-26)33-27(38)24-9-7-22(8-10-24)16-31-19-30(2,3)20-36/h4-10,15,17,31,36H,11-14,16,18-20H2,1-3H3,(H,32,33,38). The minimum Gasteiger partial charge on any atom is -0.396 e. The Morgan fingerprint density at radius 3 is 2.39 bits per heavy atom. The van der Waals surface area contributed by atoms with Crippen molar-refractivity contribution in [2.75, 3.05) is 44.6 Å².